The number of rotatable bonds is 4. The smallest absolute Gasteiger partial charge is 0.230 e. The molecule has 2 N–H and O–H groups in total. The predicted octanol–water partition coefficient (Wildman–Crippen LogP) is 1.52. The van der Waals surface area contributed by atoms with E-state index in [1.54, 1.807) is 0 Å². The van der Waals surface area contributed by atoms with Crippen LogP contribution in [0.1, 0.15) is 24.1 Å². The minimum atomic E-state index is -0.192. The fraction of sp³-hybridized carbons (Fsp3) is 0.667. The molecule has 0 aromatic carbocycles. The summed E-state index contributed by atoms with van der Waals surface area (Å²) >= 11 is 1.81. The quantitative estimate of drug-likeness (QED) is 0.916. The highest BCUT2D eigenvalue weighted by atomic mass is 32.1. The van der Waals surface area contributed by atoms with Crippen LogP contribution in [0.3, 0.4) is 0 Å². The molecule has 0 unspecified atom stereocenters. The topological polar surface area (TPSA) is 49.6 Å². The summed E-state index contributed by atoms with van der Waals surface area (Å²) in [5.74, 6) is 0.304. The van der Waals surface area contributed by atoms with Gasteiger partial charge in [-0.25, -0.2) is 0 Å². The molecule has 1 aliphatic heterocycles. The van der Waals surface area contributed by atoms with Gasteiger partial charge in [0.25, 0.3) is 0 Å². The van der Waals surface area contributed by atoms with Crippen molar-refractivity contribution in [1.82, 2.24) is 9.80 Å². The van der Waals surface area contributed by atoms with Crippen molar-refractivity contribution >= 4 is 17.2 Å². The van der Waals surface area contributed by atoms with Gasteiger partial charge in [-0.1, -0.05) is 6.07 Å². The molecule has 1 aliphatic carbocycles. The maximum atomic E-state index is 12.5. The van der Waals surface area contributed by atoms with Crippen molar-refractivity contribution in [2.24, 2.45) is 11.1 Å². The van der Waals surface area contributed by atoms with Crippen LogP contribution in [0.5, 0.6) is 0 Å². The molecule has 2 fully saturated rings. The van der Waals surface area contributed by atoms with Crippen LogP contribution >= 0.6 is 11.3 Å². The maximum absolute atomic E-state index is 12.5. The van der Waals surface area contributed by atoms with E-state index >= 15 is 0 Å². The van der Waals surface area contributed by atoms with E-state index in [-0.39, 0.29) is 5.41 Å². The summed E-state index contributed by atoms with van der Waals surface area (Å²) in [4.78, 5) is 18.4. The number of amides is 1. The van der Waals surface area contributed by atoms with Gasteiger partial charge in [-0.3, -0.25) is 9.69 Å². The molecule has 1 aromatic heterocycles. The lowest BCUT2D eigenvalue weighted by atomic mass is 10.1. The Bertz CT molecular complexity index is 456. The Balaban J connectivity index is 1.55. The Labute approximate surface area is 124 Å². The van der Waals surface area contributed by atoms with Crippen LogP contribution in [0.4, 0.5) is 0 Å². The average molecular weight is 293 g/mol. The van der Waals surface area contributed by atoms with Crippen molar-refractivity contribution < 1.29 is 4.79 Å². The Morgan fingerprint density at radius 1 is 1.30 bits per heavy atom. The zero-order valence-electron chi connectivity index (χ0n) is 11.9. The van der Waals surface area contributed by atoms with Crippen molar-refractivity contribution in [2.75, 3.05) is 32.7 Å². The first-order chi connectivity index (χ1) is 9.73. The Morgan fingerprint density at radius 2 is 2.15 bits per heavy atom. The highest BCUT2D eigenvalue weighted by molar-refractivity contribution is 7.09. The molecule has 20 heavy (non-hydrogen) atoms. The largest absolute Gasteiger partial charge is 0.341 e. The zero-order chi connectivity index (χ0) is 14.0. The van der Waals surface area contributed by atoms with E-state index in [0.717, 1.165) is 52.0 Å². The van der Waals surface area contributed by atoms with Crippen LogP contribution in [0.15, 0.2) is 17.5 Å². The van der Waals surface area contributed by atoms with Crippen molar-refractivity contribution in [3.63, 3.8) is 0 Å². The van der Waals surface area contributed by atoms with Gasteiger partial charge in [0.2, 0.25) is 5.91 Å². The molecule has 5 heteroatoms. The van der Waals surface area contributed by atoms with Crippen molar-refractivity contribution in [3.05, 3.63) is 22.4 Å². The fourth-order valence-electron chi connectivity index (χ4n) is 2.95. The number of carbonyl (C=O) groups is 1. The SMILES string of the molecule is NCC1(C(=O)N2CCCN(Cc3cccs3)CC2)CC1. The molecular formula is C15H23N3OS. The highest BCUT2D eigenvalue weighted by Crippen LogP contribution is 2.46. The van der Waals surface area contributed by atoms with Gasteiger partial charge < -0.3 is 10.6 Å². The lowest BCUT2D eigenvalue weighted by Gasteiger charge is -2.25. The van der Waals surface area contributed by atoms with Crippen molar-refractivity contribution in [3.8, 4) is 0 Å². The lowest BCUT2D eigenvalue weighted by molar-refractivity contribution is -0.136. The van der Waals surface area contributed by atoms with Gasteiger partial charge in [0.05, 0.1) is 5.41 Å². The van der Waals surface area contributed by atoms with E-state index in [0.29, 0.717) is 12.5 Å². The molecule has 2 aliphatic rings. The van der Waals surface area contributed by atoms with Gasteiger partial charge in [0.1, 0.15) is 0 Å². The first kappa shape index (κ1) is 14.0. The lowest BCUT2D eigenvalue weighted by Crippen LogP contribution is -2.42. The summed E-state index contributed by atoms with van der Waals surface area (Å²) in [5.41, 5.74) is 5.58. The molecule has 110 valence electrons. The molecule has 1 amide bonds. The normalized spacial score (nSPS) is 22.6. The molecule has 0 radical (unpaired) electrons. The molecule has 1 aromatic rings. The Morgan fingerprint density at radius 3 is 2.80 bits per heavy atom. The van der Waals surface area contributed by atoms with Crippen LogP contribution in [0.2, 0.25) is 0 Å². The number of nitrogens with zero attached hydrogens (tertiary/aromatic N) is 2. The summed E-state index contributed by atoms with van der Waals surface area (Å²) in [6.45, 7) is 5.33. The second-order valence-electron chi connectivity index (χ2n) is 5.99. The molecule has 3 rings (SSSR count). The van der Waals surface area contributed by atoms with E-state index in [4.69, 9.17) is 5.73 Å². The first-order valence-corrected chi connectivity index (χ1v) is 8.36. The summed E-state index contributed by atoms with van der Waals surface area (Å²) in [5, 5.41) is 2.13. The van der Waals surface area contributed by atoms with E-state index < -0.39 is 0 Å². The third-order valence-electron chi connectivity index (χ3n) is 4.53. The standard InChI is InChI=1S/C15H23N3OS/c16-12-15(4-5-15)14(19)18-7-2-6-17(8-9-18)11-13-3-1-10-20-13/h1,3,10H,2,4-9,11-12,16H2. The minimum Gasteiger partial charge on any atom is -0.341 e. The summed E-state index contributed by atoms with van der Waals surface area (Å²) in [6, 6.07) is 4.29. The summed E-state index contributed by atoms with van der Waals surface area (Å²) in [6.07, 6.45) is 3.03. The maximum Gasteiger partial charge on any atom is 0.230 e. The van der Waals surface area contributed by atoms with E-state index in [9.17, 15) is 4.79 Å². The highest BCUT2D eigenvalue weighted by Gasteiger charge is 2.50. The van der Waals surface area contributed by atoms with Gasteiger partial charge in [-0.05, 0) is 30.7 Å². The van der Waals surface area contributed by atoms with Crippen LogP contribution < -0.4 is 5.73 Å². The Kier molecular flexibility index (Phi) is 4.10. The van der Waals surface area contributed by atoms with E-state index in [1.807, 2.05) is 16.2 Å². The number of carbonyl (C=O) groups excluding carboxylic acids is 1. The van der Waals surface area contributed by atoms with Crippen LogP contribution in [-0.2, 0) is 11.3 Å². The van der Waals surface area contributed by atoms with E-state index in [2.05, 4.69) is 22.4 Å². The zero-order valence-corrected chi connectivity index (χ0v) is 12.7. The second-order valence-corrected chi connectivity index (χ2v) is 7.02. The van der Waals surface area contributed by atoms with Crippen molar-refractivity contribution in [2.45, 2.75) is 25.8 Å². The average Bonchev–Trinajstić information content (AvgIpc) is 3.16. The molecule has 2 heterocycles. The molecule has 0 bridgehead atoms. The summed E-state index contributed by atoms with van der Waals surface area (Å²) < 4.78 is 0. The molecule has 1 saturated carbocycles. The number of hydrogen-bond donors (Lipinski definition) is 1. The monoisotopic (exact) mass is 293 g/mol. The number of thiophene rings is 1. The fourth-order valence-corrected chi connectivity index (χ4v) is 3.69. The number of hydrogen-bond acceptors (Lipinski definition) is 4. The first-order valence-electron chi connectivity index (χ1n) is 7.48. The second kappa shape index (κ2) is 5.84. The summed E-state index contributed by atoms with van der Waals surface area (Å²) in [7, 11) is 0. The molecule has 0 atom stereocenters. The molecular weight excluding hydrogens is 270 g/mol. The van der Waals surface area contributed by atoms with Gasteiger partial charge in [0.15, 0.2) is 0 Å². The minimum absolute atomic E-state index is 0.192. The van der Waals surface area contributed by atoms with Crippen LogP contribution in [0, 0.1) is 5.41 Å². The van der Waals surface area contributed by atoms with E-state index in [1.165, 1.54) is 4.88 Å². The third-order valence-corrected chi connectivity index (χ3v) is 5.39. The van der Waals surface area contributed by atoms with Crippen LogP contribution in [-0.4, -0.2) is 48.4 Å². The van der Waals surface area contributed by atoms with Gasteiger partial charge >= 0.3 is 0 Å². The third kappa shape index (κ3) is 2.90. The van der Waals surface area contributed by atoms with Gasteiger partial charge in [-0.15, -0.1) is 11.3 Å². The van der Waals surface area contributed by atoms with Crippen LogP contribution in [0.25, 0.3) is 0 Å². The molecule has 4 nitrogen and oxygen atoms in total. The molecule has 0 spiro atoms. The van der Waals surface area contributed by atoms with Gasteiger partial charge in [0, 0.05) is 44.1 Å². The predicted molar refractivity (Wildman–Crippen MR) is 81.5 cm³/mol. The number of nitrogens with two attached hydrogens (primary N) is 1. The Hall–Kier alpha value is -0.910. The molecule has 1 saturated heterocycles. The van der Waals surface area contributed by atoms with Crippen molar-refractivity contribution in [1.29, 1.82) is 0 Å². The van der Waals surface area contributed by atoms with Gasteiger partial charge in [-0.2, -0.15) is 0 Å².